The lowest BCUT2D eigenvalue weighted by molar-refractivity contribution is 0.105. The van der Waals surface area contributed by atoms with Crippen LogP contribution < -0.4 is 5.32 Å². The Morgan fingerprint density at radius 3 is 2.31 bits per heavy atom. The Balaban J connectivity index is 2.71. The predicted molar refractivity (Wildman–Crippen MR) is 68.3 cm³/mol. The van der Waals surface area contributed by atoms with Gasteiger partial charge >= 0.3 is 0 Å². The highest BCUT2D eigenvalue weighted by Gasteiger charge is 2.22. The van der Waals surface area contributed by atoms with E-state index in [9.17, 15) is 5.11 Å². The van der Waals surface area contributed by atoms with Crippen LogP contribution in [0, 0.1) is 5.92 Å². The molecule has 0 amide bonds. The molecule has 0 bridgehead atoms. The molecular formula is C14H23NO. The van der Waals surface area contributed by atoms with Crippen molar-refractivity contribution in [3.8, 4) is 0 Å². The highest BCUT2D eigenvalue weighted by molar-refractivity contribution is 5.19. The van der Waals surface area contributed by atoms with Crippen molar-refractivity contribution in [2.75, 3.05) is 6.54 Å². The lowest BCUT2D eigenvalue weighted by atomic mass is 9.93. The summed E-state index contributed by atoms with van der Waals surface area (Å²) in [6.45, 7) is 7.37. The molecule has 0 saturated carbocycles. The van der Waals surface area contributed by atoms with E-state index in [1.54, 1.807) is 0 Å². The Kier molecular flexibility index (Phi) is 5.50. The van der Waals surface area contributed by atoms with Crippen molar-refractivity contribution in [1.29, 1.82) is 0 Å². The fourth-order valence-corrected chi connectivity index (χ4v) is 1.88. The van der Waals surface area contributed by atoms with Gasteiger partial charge in [0, 0.05) is 6.04 Å². The van der Waals surface area contributed by atoms with E-state index in [0.29, 0.717) is 5.92 Å². The SMILES string of the molecule is CCCNC(C(C)C)C(O)c1ccccc1. The first-order valence-corrected chi connectivity index (χ1v) is 6.13. The summed E-state index contributed by atoms with van der Waals surface area (Å²) in [6, 6.07) is 10.00. The number of nitrogens with one attached hydrogen (secondary N) is 1. The molecule has 0 aliphatic rings. The van der Waals surface area contributed by atoms with Crippen LogP contribution in [0.2, 0.25) is 0 Å². The van der Waals surface area contributed by atoms with Gasteiger partial charge in [-0.05, 0) is 24.4 Å². The molecule has 2 unspecified atom stereocenters. The molecule has 0 aromatic heterocycles. The van der Waals surface area contributed by atoms with Gasteiger partial charge in [0.15, 0.2) is 0 Å². The van der Waals surface area contributed by atoms with Gasteiger partial charge in [-0.1, -0.05) is 51.1 Å². The molecule has 2 atom stereocenters. The summed E-state index contributed by atoms with van der Waals surface area (Å²) in [7, 11) is 0. The molecular weight excluding hydrogens is 198 g/mol. The van der Waals surface area contributed by atoms with Gasteiger partial charge in [-0.25, -0.2) is 0 Å². The average Bonchev–Trinajstić information content (AvgIpc) is 2.30. The van der Waals surface area contributed by atoms with Crippen LogP contribution in [0.3, 0.4) is 0 Å². The van der Waals surface area contributed by atoms with Crippen LogP contribution in [0.4, 0.5) is 0 Å². The zero-order valence-electron chi connectivity index (χ0n) is 10.5. The highest BCUT2D eigenvalue weighted by atomic mass is 16.3. The standard InChI is InChI=1S/C14H23NO/c1-4-10-15-13(11(2)3)14(16)12-8-6-5-7-9-12/h5-9,11,13-16H,4,10H2,1-3H3. The molecule has 1 aromatic carbocycles. The molecule has 1 rings (SSSR count). The third kappa shape index (κ3) is 3.62. The third-order valence-corrected chi connectivity index (χ3v) is 2.83. The first-order chi connectivity index (χ1) is 7.66. The van der Waals surface area contributed by atoms with Crippen LogP contribution in [-0.2, 0) is 0 Å². The molecule has 0 heterocycles. The van der Waals surface area contributed by atoms with Crippen LogP contribution >= 0.6 is 0 Å². The fourth-order valence-electron chi connectivity index (χ4n) is 1.88. The third-order valence-electron chi connectivity index (χ3n) is 2.83. The van der Waals surface area contributed by atoms with Crippen LogP contribution in [0.15, 0.2) is 30.3 Å². The molecule has 0 saturated heterocycles. The van der Waals surface area contributed by atoms with Crippen molar-refractivity contribution in [3.05, 3.63) is 35.9 Å². The molecule has 0 fully saturated rings. The van der Waals surface area contributed by atoms with Crippen molar-refractivity contribution in [2.45, 2.75) is 39.3 Å². The van der Waals surface area contributed by atoms with E-state index in [-0.39, 0.29) is 6.04 Å². The van der Waals surface area contributed by atoms with Crippen molar-refractivity contribution < 1.29 is 5.11 Å². The molecule has 2 nitrogen and oxygen atoms in total. The second kappa shape index (κ2) is 6.66. The van der Waals surface area contributed by atoms with Gasteiger partial charge in [-0.2, -0.15) is 0 Å². The van der Waals surface area contributed by atoms with E-state index < -0.39 is 6.10 Å². The van der Waals surface area contributed by atoms with Gasteiger partial charge in [0.2, 0.25) is 0 Å². The number of benzene rings is 1. The van der Waals surface area contributed by atoms with E-state index in [1.165, 1.54) is 0 Å². The van der Waals surface area contributed by atoms with Gasteiger partial charge in [-0.15, -0.1) is 0 Å². The Morgan fingerprint density at radius 1 is 1.19 bits per heavy atom. The molecule has 2 heteroatoms. The Labute approximate surface area is 98.7 Å². The Hall–Kier alpha value is -0.860. The van der Waals surface area contributed by atoms with Crippen LogP contribution in [0.25, 0.3) is 0 Å². The van der Waals surface area contributed by atoms with E-state index in [4.69, 9.17) is 0 Å². The normalized spacial score (nSPS) is 15.1. The average molecular weight is 221 g/mol. The van der Waals surface area contributed by atoms with Gasteiger partial charge in [0.25, 0.3) is 0 Å². The fraction of sp³-hybridized carbons (Fsp3) is 0.571. The van der Waals surface area contributed by atoms with Crippen LogP contribution in [0.1, 0.15) is 38.9 Å². The molecule has 90 valence electrons. The van der Waals surface area contributed by atoms with Gasteiger partial charge in [-0.3, -0.25) is 0 Å². The minimum Gasteiger partial charge on any atom is -0.387 e. The highest BCUT2D eigenvalue weighted by Crippen LogP contribution is 2.21. The van der Waals surface area contributed by atoms with Crippen molar-refractivity contribution in [1.82, 2.24) is 5.32 Å². The number of hydrogen-bond acceptors (Lipinski definition) is 2. The summed E-state index contributed by atoms with van der Waals surface area (Å²) in [6.07, 6.45) is 0.665. The molecule has 0 aliphatic heterocycles. The van der Waals surface area contributed by atoms with E-state index in [1.807, 2.05) is 30.3 Å². The Bertz CT molecular complexity index is 284. The number of rotatable bonds is 6. The van der Waals surface area contributed by atoms with Gasteiger partial charge < -0.3 is 10.4 Å². The smallest absolute Gasteiger partial charge is 0.0945 e. The molecule has 2 N–H and O–H groups in total. The van der Waals surface area contributed by atoms with Crippen LogP contribution in [-0.4, -0.2) is 17.7 Å². The van der Waals surface area contributed by atoms with Crippen molar-refractivity contribution in [3.63, 3.8) is 0 Å². The molecule has 16 heavy (non-hydrogen) atoms. The second-order valence-corrected chi connectivity index (χ2v) is 4.58. The molecule has 0 radical (unpaired) electrons. The number of aliphatic hydroxyl groups excluding tert-OH is 1. The van der Waals surface area contributed by atoms with Gasteiger partial charge in [0.1, 0.15) is 0 Å². The molecule has 1 aromatic rings. The maximum absolute atomic E-state index is 10.3. The Morgan fingerprint density at radius 2 is 1.81 bits per heavy atom. The minimum atomic E-state index is -0.423. The van der Waals surface area contributed by atoms with E-state index in [0.717, 1.165) is 18.5 Å². The number of hydrogen-bond donors (Lipinski definition) is 2. The monoisotopic (exact) mass is 221 g/mol. The zero-order valence-corrected chi connectivity index (χ0v) is 10.5. The summed E-state index contributed by atoms with van der Waals surface area (Å²) in [4.78, 5) is 0. The summed E-state index contributed by atoms with van der Waals surface area (Å²) >= 11 is 0. The molecule has 0 spiro atoms. The topological polar surface area (TPSA) is 32.3 Å². The van der Waals surface area contributed by atoms with Crippen LogP contribution in [0.5, 0.6) is 0 Å². The lowest BCUT2D eigenvalue weighted by Crippen LogP contribution is -2.39. The van der Waals surface area contributed by atoms with Gasteiger partial charge in [0.05, 0.1) is 6.10 Å². The minimum absolute atomic E-state index is 0.127. The van der Waals surface area contributed by atoms with E-state index >= 15 is 0 Å². The maximum atomic E-state index is 10.3. The summed E-state index contributed by atoms with van der Waals surface area (Å²) in [5.41, 5.74) is 0.991. The molecule has 0 aliphatic carbocycles. The largest absolute Gasteiger partial charge is 0.387 e. The summed E-state index contributed by atoms with van der Waals surface area (Å²) in [5, 5.41) is 13.7. The lowest BCUT2D eigenvalue weighted by Gasteiger charge is -2.27. The summed E-state index contributed by atoms with van der Waals surface area (Å²) in [5.74, 6) is 0.418. The first kappa shape index (κ1) is 13.2. The predicted octanol–water partition coefficient (Wildman–Crippen LogP) is 2.74. The maximum Gasteiger partial charge on any atom is 0.0945 e. The second-order valence-electron chi connectivity index (χ2n) is 4.58. The van der Waals surface area contributed by atoms with Crippen molar-refractivity contribution in [2.24, 2.45) is 5.92 Å². The summed E-state index contributed by atoms with van der Waals surface area (Å²) < 4.78 is 0. The van der Waals surface area contributed by atoms with Crippen molar-refractivity contribution >= 4 is 0 Å². The zero-order chi connectivity index (χ0) is 12.0. The quantitative estimate of drug-likeness (QED) is 0.774. The van der Waals surface area contributed by atoms with E-state index in [2.05, 4.69) is 26.1 Å². The number of aliphatic hydroxyl groups is 1. The first-order valence-electron chi connectivity index (χ1n) is 6.13.